The molecule has 0 bridgehead atoms. The number of Topliss-reactive ketones (excluding diaryl/α,β-unsaturated/α-hetero) is 1. The number of ether oxygens (including phenoxy) is 3. The lowest BCUT2D eigenvalue weighted by Crippen LogP contribution is -2.49. The minimum atomic E-state index is -2.36. The van der Waals surface area contributed by atoms with E-state index in [-0.39, 0.29) is 30.3 Å². The molecule has 0 saturated heterocycles. The summed E-state index contributed by atoms with van der Waals surface area (Å²) in [5.74, 6) is -1.66. The van der Waals surface area contributed by atoms with Crippen molar-refractivity contribution in [3.05, 3.63) is 12.7 Å². The molecule has 0 aromatic rings. The van der Waals surface area contributed by atoms with Gasteiger partial charge in [0.1, 0.15) is 24.9 Å². The Hall–Kier alpha value is -2.20. The Balaban J connectivity index is 5.80. The Morgan fingerprint density at radius 3 is 2.06 bits per heavy atom. The molecule has 0 spiro atoms. The number of nitrogens with one attached hydrogen (secondary N) is 1. The third-order valence-corrected chi connectivity index (χ3v) is 9.44. The quantitative estimate of drug-likeness (QED) is 0.191. The summed E-state index contributed by atoms with van der Waals surface area (Å²) in [7, 11) is -2.36. The molecule has 0 unspecified atom stereocenters. The summed E-state index contributed by atoms with van der Waals surface area (Å²) in [6.45, 7) is 19.7. The van der Waals surface area contributed by atoms with E-state index in [0.717, 1.165) is 0 Å². The van der Waals surface area contributed by atoms with Crippen LogP contribution in [0.1, 0.15) is 61.3 Å². The Bertz CT molecular complexity index is 706. The van der Waals surface area contributed by atoms with Crippen LogP contribution in [0.5, 0.6) is 0 Å². The second kappa shape index (κ2) is 12.9. The highest BCUT2D eigenvalue weighted by Crippen LogP contribution is 2.38. The van der Waals surface area contributed by atoms with Gasteiger partial charge < -0.3 is 24.0 Å². The molecule has 0 aliphatic rings. The van der Waals surface area contributed by atoms with Crippen molar-refractivity contribution in [3.63, 3.8) is 0 Å². The van der Waals surface area contributed by atoms with Gasteiger partial charge in [-0.3, -0.25) is 9.59 Å². The van der Waals surface area contributed by atoms with Crippen LogP contribution in [0.3, 0.4) is 0 Å². The van der Waals surface area contributed by atoms with Crippen molar-refractivity contribution in [2.75, 3.05) is 13.2 Å². The minimum Gasteiger partial charge on any atom is -0.460 e. The molecular formula is C23H41NO8Si. The third-order valence-electron chi connectivity index (χ3n) is 4.91. The highest BCUT2D eigenvalue weighted by molar-refractivity contribution is 6.74. The molecule has 190 valence electrons. The summed E-state index contributed by atoms with van der Waals surface area (Å²) >= 11 is 0. The topological polar surface area (TPSA) is 117 Å². The van der Waals surface area contributed by atoms with Gasteiger partial charge in [0.25, 0.3) is 0 Å². The fourth-order valence-electron chi connectivity index (χ4n) is 2.40. The van der Waals surface area contributed by atoms with E-state index in [1.165, 1.54) is 13.0 Å². The van der Waals surface area contributed by atoms with Crippen molar-refractivity contribution in [2.24, 2.45) is 0 Å². The molecule has 0 rings (SSSR count). The van der Waals surface area contributed by atoms with Gasteiger partial charge in [-0.25, -0.2) is 9.59 Å². The summed E-state index contributed by atoms with van der Waals surface area (Å²) in [6.07, 6.45) is -0.400. The van der Waals surface area contributed by atoms with E-state index in [4.69, 9.17) is 18.6 Å². The Morgan fingerprint density at radius 1 is 1.03 bits per heavy atom. The lowest BCUT2D eigenvalue weighted by Gasteiger charge is -2.39. The first-order valence-electron chi connectivity index (χ1n) is 11.0. The zero-order valence-electron chi connectivity index (χ0n) is 21.5. The molecule has 10 heteroatoms. The van der Waals surface area contributed by atoms with Crippen molar-refractivity contribution >= 4 is 32.1 Å². The molecule has 2 atom stereocenters. The van der Waals surface area contributed by atoms with Crippen LogP contribution in [-0.2, 0) is 33.0 Å². The highest BCUT2D eigenvalue weighted by Gasteiger charge is 2.41. The molecule has 0 aromatic heterocycles. The van der Waals surface area contributed by atoms with Crippen molar-refractivity contribution in [2.45, 2.75) is 97.2 Å². The van der Waals surface area contributed by atoms with Crippen molar-refractivity contribution < 1.29 is 37.8 Å². The van der Waals surface area contributed by atoms with Gasteiger partial charge in [0.2, 0.25) is 0 Å². The summed E-state index contributed by atoms with van der Waals surface area (Å²) in [4.78, 5) is 48.6. The number of rotatable bonds is 12. The summed E-state index contributed by atoms with van der Waals surface area (Å²) in [5.41, 5.74) is -0.689. The van der Waals surface area contributed by atoms with E-state index < -0.39 is 50.7 Å². The van der Waals surface area contributed by atoms with Crippen molar-refractivity contribution in [1.29, 1.82) is 0 Å². The SMILES string of the molecule is C=CCOC(=O)N[C@@H](C[C@H](CC(=O)OC(C)(C)C)O[Si](C)(C)C(C)(C)C)C(=O)OCC(C)=O. The summed E-state index contributed by atoms with van der Waals surface area (Å²) in [5, 5.41) is 2.27. The molecule has 1 N–H and O–H groups in total. The number of esters is 2. The predicted octanol–water partition coefficient (Wildman–Crippen LogP) is 3.91. The summed E-state index contributed by atoms with van der Waals surface area (Å²) < 4.78 is 21.8. The molecule has 0 aliphatic carbocycles. The van der Waals surface area contributed by atoms with Gasteiger partial charge in [0, 0.05) is 6.42 Å². The minimum absolute atomic E-state index is 0.0527. The molecule has 1 amide bonds. The lowest BCUT2D eigenvalue weighted by atomic mass is 10.1. The van der Waals surface area contributed by atoms with Crippen LogP contribution in [0, 0.1) is 0 Å². The van der Waals surface area contributed by atoms with Crippen LogP contribution in [0.25, 0.3) is 0 Å². The van der Waals surface area contributed by atoms with E-state index in [9.17, 15) is 19.2 Å². The zero-order chi connectivity index (χ0) is 26.0. The number of carbonyl (C=O) groups is 4. The molecule has 0 radical (unpaired) electrons. The molecule has 0 saturated carbocycles. The maximum Gasteiger partial charge on any atom is 0.408 e. The van der Waals surface area contributed by atoms with Crippen LogP contribution in [-0.4, -0.2) is 63.1 Å². The fourth-order valence-corrected chi connectivity index (χ4v) is 3.77. The van der Waals surface area contributed by atoms with Crippen LogP contribution < -0.4 is 5.32 Å². The molecule has 0 fully saturated rings. The maximum atomic E-state index is 12.6. The van der Waals surface area contributed by atoms with Gasteiger partial charge in [-0.1, -0.05) is 33.4 Å². The molecule has 0 aromatic carbocycles. The number of ketones is 1. The first kappa shape index (κ1) is 30.8. The van der Waals surface area contributed by atoms with Crippen LogP contribution in [0.4, 0.5) is 4.79 Å². The van der Waals surface area contributed by atoms with Gasteiger partial charge in [-0.2, -0.15) is 0 Å². The second-order valence-corrected chi connectivity index (χ2v) is 15.2. The number of hydrogen-bond acceptors (Lipinski definition) is 8. The summed E-state index contributed by atoms with van der Waals surface area (Å²) in [6, 6.07) is -1.20. The first-order chi connectivity index (χ1) is 14.9. The van der Waals surface area contributed by atoms with Crippen LogP contribution in [0.15, 0.2) is 12.7 Å². The van der Waals surface area contributed by atoms with E-state index in [0.29, 0.717) is 0 Å². The zero-order valence-corrected chi connectivity index (χ0v) is 22.5. The Labute approximate surface area is 198 Å². The molecule has 0 aliphatic heterocycles. The monoisotopic (exact) mass is 487 g/mol. The third kappa shape index (κ3) is 13.2. The van der Waals surface area contributed by atoms with Crippen molar-refractivity contribution in [1.82, 2.24) is 5.32 Å². The van der Waals surface area contributed by atoms with Gasteiger partial charge in [0.05, 0.1) is 12.5 Å². The molecule has 9 nitrogen and oxygen atoms in total. The Kier molecular flexibility index (Phi) is 12.0. The van der Waals surface area contributed by atoms with E-state index >= 15 is 0 Å². The van der Waals surface area contributed by atoms with Crippen molar-refractivity contribution in [3.8, 4) is 0 Å². The average Bonchev–Trinajstić information content (AvgIpc) is 2.60. The molecule has 0 heterocycles. The normalized spacial score (nSPS) is 14.0. The van der Waals surface area contributed by atoms with E-state index in [2.05, 4.69) is 11.9 Å². The van der Waals surface area contributed by atoms with Gasteiger partial charge in [-0.15, -0.1) is 0 Å². The fraction of sp³-hybridized carbons (Fsp3) is 0.739. The lowest BCUT2D eigenvalue weighted by molar-refractivity contribution is -0.158. The number of alkyl carbamates (subject to hydrolysis) is 1. The highest BCUT2D eigenvalue weighted by atomic mass is 28.4. The van der Waals surface area contributed by atoms with Crippen LogP contribution in [0.2, 0.25) is 18.1 Å². The van der Waals surface area contributed by atoms with E-state index in [1.807, 2.05) is 33.9 Å². The number of amides is 1. The van der Waals surface area contributed by atoms with Gasteiger partial charge >= 0.3 is 18.0 Å². The molecule has 33 heavy (non-hydrogen) atoms. The average molecular weight is 488 g/mol. The predicted molar refractivity (Wildman–Crippen MR) is 127 cm³/mol. The van der Waals surface area contributed by atoms with E-state index in [1.54, 1.807) is 20.8 Å². The van der Waals surface area contributed by atoms with Crippen LogP contribution >= 0.6 is 0 Å². The Morgan fingerprint density at radius 2 is 1.61 bits per heavy atom. The largest absolute Gasteiger partial charge is 0.460 e. The number of carbonyl (C=O) groups excluding carboxylic acids is 4. The number of hydrogen-bond donors (Lipinski definition) is 1. The maximum absolute atomic E-state index is 12.6. The van der Waals surface area contributed by atoms with Gasteiger partial charge in [0.15, 0.2) is 14.1 Å². The second-order valence-electron chi connectivity index (χ2n) is 10.4. The first-order valence-corrected chi connectivity index (χ1v) is 13.9. The smallest absolute Gasteiger partial charge is 0.408 e. The van der Waals surface area contributed by atoms with Gasteiger partial charge in [-0.05, 0) is 45.8 Å². The molecular weight excluding hydrogens is 446 g/mol. The standard InChI is InChI=1S/C23H41NO8Si/c1-11-12-29-21(28)24-18(20(27)30-15-16(2)25)13-17(14-19(26)31-22(3,4)5)32-33(9,10)23(6,7)8/h11,17-18H,1,12-15H2,2-10H3,(H,24,28)/t17-,18+/m1/s1.